The third-order valence-electron chi connectivity index (χ3n) is 13.8. The Bertz CT molecular complexity index is 1640. The molecule has 2 aromatic rings. The van der Waals surface area contributed by atoms with Gasteiger partial charge in [0.2, 0.25) is 0 Å². The molecule has 2 aromatic heterocycles. The molecule has 12 heteroatoms. The van der Waals surface area contributed by atoms with E-state index in [1.165, 1.54) is 0 Å². The Hall–Kier alpha value is -3.35. The first kappa shape index (κ1) is 43.8. The van der Waals surface area contributed by atoms with Crippen LogP contribution in [0.25, 0.3) is 11.3 Å². The summed E-state index contributed by atoms with van der Waals surface area (Å²) < 4.78 is 34.3. The highest BCUT2D eigenvalue weighted by Gasteiger charge is 2.60. The van der Waals surface area contributed by atoms with Gasteiger partial charge >= 0.3 is 12.1 Å². The lowest BCUT2D eigenvalue weighted by Crippen LogP contribution is -2.59. The Labute approximate surface area is 334 Å². The van der Waals surface area contributed by atoms with Crippen LogP contribution in [0.1, 0.15) is 115 Å². The summed E-state index contributed by atoms with van der Waals surface area (Å²) in [6, 6.07) is 3.19. The van der Waals surface area contributed by atoms with E-state index < -0.39 is 71.0 Å². The van der Waals surface area contributed by atoms with Gasteiger partial charge in [0.05, 0.1) is 41.8 Å². The number of ether oxygens (including phenoxy) is 5. The van der Waals surface area contributed by atoms with Gasteiger partial charge in [-0.15, -0.1) is 0 Å². The highest BCUT2D eigenvalue weighted by Crippen LogP contribution is 2.49. The zero-order chi connectivity index (χ0) is 41.2. The number of imidazole rings is 1. The molecule has 5 heterocycles. The standard InChI is InChI=1S/C44H68N4O8/c1-13-35-44(11)39(48(41(51)56-44)20-15-14-19-47-25-34(46-26-47)33-17-16-18-45-24-33)30(5)37(49)28(3)23-43(10,52-12)42(8,9)32(7)38(31(6)40(50)54-35)55-36-22-27(2)21-29(4)53-36/h16-18,24-32,35-36,38-39H,13-15,19-23H2,1-12H3/t27-,28-,29+,30+,31-,32+,35-,36+,38-,39-,43-,44-/m1/s1. The van der Waals surface area contributed by atoms with E-state index in [4.69, 9.17) is 23.7 Å². The van der Waals surface area contributed by atoms with Crippen molar-refractivity contribution in [1.29, 1.82) is 0 Å². The van der Waals surface area contributed by atoms with Crippen molar-refractivity contribution in [1.82, 2.24) is 19.4 Å². The molecule has 0 aliphatic carbocycles. The van der Waals surface area contributed by atoms with Crippen LogP contribution in [0.15, 0.2) is 37.1 Å². The van der Waals surface area contributed by atoms with E-state index in [9.17, 15) is 14.4 Å². The number of fused-ring (bicyclic) bond motifs is 1. The molecule has 0 spiro atoms. The Morgan fingerprint density at radius 2 is 1.68 bits per heavy atom. The molecule has 0 radical (unpaired) electrons. The normalized spacial score (nSPS) is 37.1. The van der Waals surface area contributed by atoms with Crippen LogP contribution < -0.4 is 0 Å². The number of methoxy groups -OCH3 is 1. The number of rotatable bonds is 10. The molecule has 3 saturated heterocycles. The fourth-order valence-corrected chi connectivity index (χ4v) is 9.78. The van der Waals surface area contributed by atoms with Crippen LogP contribution in [0.5, 0.6) is 0 Å². The number of unbranched alkanes of at least 4 members (excludes halogenated alkanes) is 1. The average molecular weight is 781 g/mol. The van der Waals surface area contributed by atoms with Gasteiger partial charge in [-0.1, -0.05) is 48.5 Å². The molecule has 312 valence electrons. The van der Waals surface area contributed by atoms with Crippen LogP contribution in [0, 0.1) is 35.0 Å². The van der Waals surface area contributed by atoms with Gasteiger partial charge in [-0.05, 0) is 89.2 Å². The van der Waals surface area contributed by atoms with Gasteiger partial charge in [-0.3, -0.25) is 14.6 Å². The molecule has 0 unspecified atom stereocenters. The van der Waals surface area contributed by atoms with E-state index in [2.05, 4.69) is 51.5 Å². The van der Waals surface area contributed by atoms with Crippen LogP contribution >= 0.6 is 0 Å². The number of aryl methyl sites for hydroxylation is 1. The van der Waals surface area contributed by atoms with Gasteiger partial charge in [0.15, 0.2) is 11.9 Å². The number of carbonyl (C=O) groups is 3. The van der Waals surface area contributed by atoms with Crippen molar-refractivity contribution in [3.05, 3.63) is 37.1 Å². The number of hydrogen-bond acceptors (Lipinski definition) is 10. The average Bonchev–Trinajstić information content (AvgIpc) is 3.74. The fourth-order valence-electron chi connectivity index (χ4n) is 9.78. The molecule has 12 atom stereocenters. The summed E-state index contributed by atoms with van der Waals surface area (Å²) in [6.45, 7) is 23.2. The molecule has 0 bridgehead atoms. The lowest BCUT2D eigenvalue weighted by atomic mass is 9.61. The minimum Gasteiger partial charge on any atom is -0.458 e. The molecular weight excluding hydrogens is 713 g/mol. The Morgan fingerprint density at radius 3 is 2.32 bits per heavy atom. The third kappa shape index (κ3) is 8.87. The van der Waals surface area contributed by atoms with E-state index in [0.717, 1.165) is 30.5 Å². The quantitative estimate of drug-likeness (QED) is 0.172. The van der Waals surface area contributed by atoms with E-state index in [1.807, 2.05) is 57.5 Å². The molecule has 3 aliphatic rings. The number of pyridine rings is 1. The van der Waals surface area contributed by atoms with Crippen molar-refractivity contribution in [2.75, 3.05) is 13.7 Å². The zero-order valence-corrected chi connectivity index (χ0v) is 35.9. The van der Waals surface area contributed by atoms with E-state index in [0.29, 0.717) is 38.3 Å². The smallest absolute Gasteiger partial charge is 0.410 e. The first-order valence-electron chi connectivity index (χ1n) is 20.9. The molecule has 12 nitrogen and oxygen atoms in total. The van der Waals surface area contributed by atoms with E-state index in [-0.39, 0.29) is 17.8 Å². The Balaban J connectivity index is 1.44. The number of ketones is 1. The monoisotopic (exact) mass is 781 g/mol. The van der Waals surface area contributed by atoms with Gasteiger partial charge in [-0.2, -0.15) is 0 Å². The maximum Gasteiger partial charge on any atom is 0.410 e. The highest BCUT2D eigenvalue weighted by atomic mass is 16.7. The summed E-state index contributed by atoms with van der Waals surface area (Å²) in [5, 5.41) is 0. The van der Waals surface area contributed by atoms with Crippen LogP contribution in [0.2, 0.25) is 0 Å². The van der Waals surface area contributed by atoms with Gasteiger partial charge in [0.25, 0.3) is 0 Å². The summed E-state index contributed by atoms with van der Waals surface area (Å²) in [6.07, 6.45) is 8.89. The summed E-state index contributed by atoms with van der Waals surface area (Å²) in [5.41, 5.74) is -0.848. The summed E-state index contributed by atoms with van der Waals surface area (Å²) >= 11 is 0. The predicted octanol–water partition coefficient (Wildman–Crippen LogP) is 8.12. The molecule has 1 amide bonds. The second-order valence-corrected chi connectivity index (χ2v) is 18.1. The maximum absolute atomic E-state index is 14.7. The van der Waals surface area contributed by atoms with Crippen molar-refractivity contribution < 1.29 is 38.1 Å². The molecule has 5 rings (SSSR count). The minimum absolute atomic E-state index is 0.00980. The predicted molar refractivity (Wildman–Crippen MR) is 213 cm³/mol. The minimum atomic E-state index is -1.29. The van der Waals surface area contributed by atoms with Crippen molar-refractivity contribution in [2.24, 2.45) is 35.0 Å². The zero-order valence-electron chi connectivity index (χ0n) is 35.9. The van der Waals surface area contributed by atoms with Gasteiger partial charge in [-0.25, -0.2) is 9.78 Å². The number of carbonyl (C=O) groups excluding carboxylic acids is 3. The Kier molecular flexibility index (Phi) is 13.8. The second-order valence-electron chi connectivity index (χ2n) is 18.1. The summed E-state index contributed by atoms with van der Waals surface area (Å²) in [7, 11) is 1.69. The van der Waals surface area contributed by atoms with Crippen LogP contribution in [-0.2, 0) is 39.8 Å². The fraction of sp³-hybridized carbons (Fsp3) is 0.750. The Morgan fingerprint density at radius 1 is 0.964 bits per heavy atom. The number of cyclic esters (lactones) is 1. The van der Waals surface area contributed by atoms with Crippen molar-refractivity contribution in [3.63, 3.8) is 0 Å². The highest BCUT2D eigenvalue weighted by molar-refractivity contribution is 5.85. The molecule has 3 fully saturated rings. The van der Waals surface area contributed by atoms with Gasteiger partial charge < -0.3 is 33.2 Å². The second kappa shape index (κ2) is 17.6. The number of hydrogen-bond donors (Lipinski definition) is 0. The first-order valence-corrected chi connectivity index (χ1v) is 20.9. The van der Waals surface area contributed by atoms with Crippen molar-refractivity contribution >= 4 is 17.8 Å². The summed E-state index contributed by atoms with van der Waals surface area (Å²) in [4.78, 5) is 53.5. The lowest BCUT2D eigenvalue weighted by Gasteiger charge is -2.51. The van der Waals surface area contributed by atoms with Crippen LogP contribution in [-0.4, -0.2) is 92.8 Å². The van der Waals surface area contributed by atoms with Crippen LogP contribution in [0.4, 0.5) is 4.79 Å². The lowest BCUT2D eigenvalue weighted by molar-refractivity contribution is -0.252. The van der Waals surface area contributed by atoms with Crippen molar-refractivity contribution in [3.8, 4) is 11.3 Å². The molecule has 0 aromatic carbocycles. The van der Waals surface area contributed by atoms with Gasteiger partial charge in [0, 0.05) is 62.6 Å². The number of esters is 1. The molecule has 0 N–H and O–H groups in total. The SMILES string of the molecule is CC[C@H]1OC(=O)[C@H](C)[C@@H](O[C@H]2C[C@H](C)C[C@H](C)O2)[C@H](C)C(C)(C)[C@](C)(OC)C[C@@H](C)C(=O)[C@H](C)[C@H]2N(CCCCn3cnc(-c4cccnc4)c3)C(=O)O[C@]12C. The number of nitrogens with zero attached hydrogens (tertiary/aromatic N) is 4. The third-order valence-corrected chi connectivity index (χ3v) is 13.8. The molecule has 56 heavy (non-hydrogen) atoms. The van der Waals surface area contributed by atoms with Gasteiger partial charge in [0.1, 0.15) is 11.9 Å². The number of aromatic nitrogens is 3. The summed E-state index contributed by atoms with van der Waals surface area (Å²) in [5.74, 6) is -1.96. The van der Waals surface area contributed by atoms with E-state index >= 15 is 0 Å². The van der Waals surface area contributed by atoms with Crippen LogP contribution in [0.3, 0.4) is 0 Å². The number of amides is 1. The topological polar surface area (TPSA) is 131 Å². The largest absolute Gasteiger partial charge is 0.458 e. The molecule has 0 saturated carbocycles. The number of Topliss-reactive ketones (excluding diaryl/α,β-unsaturated/α-hetero) is 1. The molecular formula is C44H68N4O8. The van der Waals surface area contributed by atoms with Crippen molar-refractivity contribution in [2.45, 2.75) is 163 Å². The molecule has 3 aliphatic heterocycles. The van der Waals surface area contributed by atoms with E-state index in [1.54, 1.807) is 30.7 Å². The first-order chi connectivity index (χ1) is 26.4. The maximum atomic E-state index is 14.7.